The first-order valence-corrected chi connectivity index (χ1v) is 12.4. The van der Waals surface area contributed by atoms with Gasteiger partial charge >= 0.3 is 0 Å². The lowest BCUT2D eigenvalue weighted by atomic mass is 10.1. The molecule has 2 rings (SSSR count). The molecular weight excluding hydrogens is 514 g/mol. The Morgan fingerprint density at radius 2 is 0.897 bits per heavy atom. The summed E-state index contributed by atoms with van der Waals surface area (Å²) in [5, 5.41) is 13.3. The number of hydrogen-bond acceptors (Lipinski definition) is 9. The number of hydrogen-bond donors (Lipinski definition) is 5. The van der Waals surface area contributed by atoms with E-state index in [4.69, 9.17) is 0 Å². The van der Waals surface area contributed by atoms with Gasteiger partial charge in [-0.2, -0.15) is 0 Å². The lowest BCUT2D eigenvalue weighted by Crippen LogP contribution is -2.41. The van der Waals surface area contributed by atoms with Crippen LogP contribution in [0.25, 0.3) is 0 Å². The van der Waals surface area contributed by atoms with Crippen LogP contribution in [0.3, 0.4) is 0 Å². The maximum absolute atomic E-state index is 12.2. The zero-order valence-corrected chi connectivity index (χ0v) is 21.6. The predicted molar refractivity (Wildman–Crippen MR) is 135 cm³/mol. The number of imide groups is 2. The summed E-state index contributed by atoms with van der Waals surface area (Å²) in [6.45, 7) is 0.578. The Morgan fingerprint density at radius 3 is 1.21 bits per heavy atom. The van der Waals surface area contributed by atoms with Crippen molar-refractivity contribution in [3.8, 4) is 0 Å². The van der Waals surface area contributed by atoms with Gasteiger partial charge < -0.3 is 26.6 Å². The third-order valence-electron chi connectivity index (χ3n) is 5.74. The molecule has 0 aromatic rings. The van der Waals surface area contributed by atoms with Gasteiger partial charge in [-0.05, 0) is 7.05 Å². The standard InChI is InChI=1S/C24H33N7O8/c1-25-16(14-19(34)28-10-8-26-17(32)6-12-30-21(36)2-3-22(30)37)15-20(35)29-11-9-27-18(33)7-13-31-23(38)4-5-24(31)39/h2-5,16,25H,6-15H2,1H3,(H,26,32)(H,27,33)(H,28,34)(H,29,35). The summed E-state index contributed by atoms with van der Waals surface area (Å²) in [4.78, 5) is 95.8. The monoisotopic (exact) mass is 547 g/mol. The molecule has 5 N–H and O–H groups in total. The van der Waals surface area contributed by atoms with E-state index < -0.39 is 29.7 Å². The van der Waals surface area contributed by atoms with Crippen LogP contribution in [0, 0.1) is 0 Å². The smallest absolute Gasteiger partial charge is 0.253 e. The Kier molecular flexibility index (Phi) is 12.5. The molecule has 0 radical (unpaired) electrons. The van der Waals surface area contributed by atoms with Gasteiger partial charge in [-0.25, -0.2) is 0 Å². The third-order valence-corrected chi connectivity index (χ3v) is 5.74. The van der Waals surface area contributed by atoms with E-state index in [2.05, 4.69) is 26.6 Å². The molecule has 0 saturated carbocycles. The van der Waals surface area contributed by atoms with Crippen molar-refractivity contribution < 1.29 is 38.4 Å². The van der Waals surface area contributed by atoms with Crippen molar-refractivity contribution in [1.82, 2.24) is 36.4 Å². The van der Waals surface area contributed by atoms with Gasteiger partial charge in [0.2, 0.25) is 23.6 Å². The number of amides is 8. The van der Waals surface area contributed by atoms with Crippen LogP contribution in [0.5, 0.6) is 0 Å². The van der Waals surface area contributed by atoms with Gasteiger partial charge in [0.05, 0.1) is 0 Å². The SMILES string of the molecule is CNC(CC(=O)NCCNC(=O)CCN1C(=O)C=CC1=O)CC(=O)NCCNC(=O)CCN1C(=O)C=CC1=O. The van der Waals surface area contributed by atoms with Crippen LogP contribution in [-0.4, -0.2) is 109 Å². The molecule has 0 aliphatic carbocycles. The second kappa shape index (κ2) is 15.8. The first kappa shape index (κ1) is 30.8. The molecule has 0 unspecified atom stereocenters. The highest BCUT2D eigenvalue weighted by molar-refractivity contribution is 6.13. The first-order valence-electron chi connectivity index (χ1n) is 12.4. The molecule has 0 aromatic heterocycles. The normalized spacial score (nSPS) is 14.4. The van der Waals surface area contributed by atoms with Crippen molar-refractivity contribution >= 4 is 47.3 Å². The van der Waals surface area contributed by atoms with Gasteiger partial charge in [0.15, 0.2) is 0 Å². The molecule has 39 heavy (non-hydrogen) atoms. The lowest BCUT2D eigenvalue weighted by molar-refractivity contribution is -0.139. The average Bonchev–Trinajstić information content (AvgIpc) is 3.40. The zero-order chi connectivity index (χ0) is 28.8. The molecule has 2 aliphatic rings. The van der Waals surface area contributed by atoms with Crippen LogP contribution in [0.15, 0.2) is 24.3 Å². The van der Waals surface area contributed by atoms with Gasteiger partial charge in [-0.15, -0.1) is 0 Å². The summed E-state index contributed by atoms with van der Waals surface area (Å²) in [5.74, 6) is -3.22. The van der Waals surface area contributed by atoms with E-state index in [0.29, 0.717) is 0 Å². The largest absolute Gasteiger partial charge is 0.354 e. The molecule has 8 amide bonds. The van der Waals surface area contributed by atoms with E-state index in [-0.39, 0.29) is 88.6 Å². The molecule has 2 heterocycles. The summed E-state index contributed by atoms with van der Waals surface area (Å²) in [5.41, 5.74) is 0. The minimum Gasteiger partial charge on any atom is -0.354 e. The van der Waals surface area contributed by atoms with Crippen LogP contribution in [0.4, 0.5) is 0 Å². The minimum absolute atomic E-state index is 0.0174. The summed E-state index contributed by atoms with van der Waals surface area (Å²) in [7, 11) is 1.61. The van der Waals surface area contributed by atoms with E-state index in [0.717, 1.165) is 34.1 Å². The highest BCUT2D eigenvalue weighted by Crippen LogP contribution is 2.05. The quantitative estimate of drug-likeness (QED) is 0.0902. The fourth-order valence-electron chi connectivity index (χ4n) is 3.58. The molecule has 15 heteroatoms. The van der Waals surface area contributed by atoms with Crippen LogP contribution in [-0.2, 0) is 38.4 Å². The van der Waals surface area contributed by atoms with E-state index in [9.17, 15) is 38.4 Å². The summed E-state index contributed by atoms with van der Waals surface area (Å²) in [6.07, 6.45) is 4.51. The highest BCUT2D eigenvalue weighted by Gasteiger charge is 2.24. The lowest BCUT2D eigenvalue weighted by Gasteiger charge is -2.16. The maximum Gasteiger partial charge on any atom is 0.253 e. The van der Waals surface area contributed by atoms with Crippen molar-refractivity contribution in [3.05, 3.63) is 24.3 Å². The topological polar surface area (TPSA) is 203 Å². The Balaban J connectivity index is 1.51. The molecular formula is C24H33N7O8. The number of nitrogens with zero attached hydrogens (tertiary/aromatic N) is 2. The molecule has 0 spiro atoms. The number of carbonyl (C=O) groups excluding carboxylic acids is 8. The second-order valence-electron chi connectivity index (χ2n) is 8.62. The second-order valence-corrected chi connectivity index (χ2v) is 8.62. The average molecular weight is 548 g/mol. The van der Waals surface area contributed by atoms with E-state index in [1.54, 1.807) is 7.05 Å². The van der Waals surface area contributed by atoms with Crippen LogP contribution >= 0.6 is 0 Å². The van der Waals surface area contributed by atoms with Gasteiger partial charge in [-0.3, -0.25) is 48.2 Å². The van der Waals surface area contributed by atoms with Crippen LogP contribution in [0.1, 0.15) is 25.7 Å². The van der Waals surface area contributed by atoms with Gasteiger partial charge in [0.25, 0.3) is 23.6 Å². The number of rotatable bonds is 17. The van der Waals surface area contributed by atoms with Crippen molar-refractivity contribution in [3.63, 3.8) is 0 Å². The van der Waals surface area contributed by atoms with Crippen LogP contribution < -0.4 is 26.6 Å². The molecule has 15 nitrogen and oxygen atoms in total. The van der Waals surface area contributed by atoms with E-state index >= 15 is 0 Å². The van der Waals surface area contributed by atoms with Gasteiger partial charge in [0, 0.05) is 95.3 Å². The minimum atomic E-state index is -0.458. The Hall–Kier alpha value is -4.40. The fourth-order valence-corrected chi connectivity index (χ4v) is 3.58. The number of nitrogens with one attached hydrogen (secondary N) is 5. The Labute approximate surface area is 224 Å². The van der Waals surface area contributed by atoms with E-state index in [1.165, 1.54) is 0 Å². The molecule has 0 aromatic carbocycles. The fraction of sp³-hybridized carbons (Fsp3) is 0.500. The van der Waals surface area contributed by atoms with Crippen molar-refractivity contribution in [2.24, 2.45) is 0 Å². The maximum atomic E-state index is 12.2. The summed E-state index contributed by atoms with van der Waals surface area (Å²) >= 11 is 0. The first-order chi connectivity index (χ1) is 18.6. The van der Waals surface area contributed by atoms with Gasteiger partial charge in [0.1, 0.15) is 0 Å². The van der Waals surface area contributed by atoms with Gasteiger partial charge in [-0.1, -0.05) is 0 Å². The Bertz CT molecular complexity index is 939. The highest BCUT2D eigenvalue weighted by atomic mass is 16.2. The van der Waals surface area contributed by atoms with E-state index in [1.807, 2.05) is 0 Å². The van der Waals surface area contributed by atoms with Crippen molar-refractivity contribution in [1.29, 1.82) is 0 Å². The Morgan fingerprint density at radius 1 is 0.590 bits per heavy atom. The molecule has 0 atom stereocenters. The molecule has 212 valence electrons. The predicted octanol–water partition coefficient (Wildman–Crippen LogP) is -3.55. The van der Waals surface area contributed by atoms with Crippen molar-refractivity contribution in [2.75, 3.05) is 46.3 Å². The van der Waals surface area contributed by atoms with Crippen LogP contribution in [0.2, 0.25) is 0 Å². The summed E-state index contributed by atoms with van der Waals surface area (Å²) < 4.78 is 0. The number of carbonyl (C=O) groups is 8. The molecule has 0 fully saturated rings. The molecule has 2 aliphatic heterocycles. The zero-order valence-electron chi connectivity index (χ0n) is 21.6. The molecule has 0 saturated heterocycles. The van der Waals surface area contributed by atoms with Crippen molar-refractivity contribution in [2.45, 2.75) is 31.7 Å². The third kappa shape index (κ3) is 10.9. The molecule has 0 bridgehead atoms. The summed E-state index contributed by atoms with van der Waals surface area (Å²) in [6, 6.07) is -0.442.